The van der Waals surface area contributed by atoms with Gasteiger partial charge in [0.25, 0.3) is 10.2 Å². The maximum absolute atomic E-state index is 12.4. The molecular formula is C14H30N2O3S. The van der Waals surface area contributed by atoms with E-state index in [0.29, 0.717) is 12.5 Å². The van der Waals surface area contributed by atoms with Gasteiger partial charge in [0.05, 0.1) is 6.61 Å². The zero-order valence-corrected chi connectivity index (χ0v) is 13.8. The monoisotopic (exact) mass is 306 g/mol. The molecular weight excluding hydrogens is 276 g/mol. The molecule has 5 nitrogen and oxygen atoms in total. The average molecular weight is 306 g/mol. The molecule has 20 heavy (non-hydrogen) atoms. The Balaban J connectivity index is 2.50. The van der Waals surface area contributed by atoms with Crippen molar-refractivity contribution in [2.75, 3.05) is 13.2 Å². The lowest BCUT2D eigenvalue weighted by atomic mass is 10.0. The van der Waals surface area contributed by atoms with Crippen LogP contribution >= 0.6 is 0 Å². The number of nitrogens with zero attached hydrogens (tertiary/aromatic N) is 1. The van der Waals surface area contributed by atoms with Crippen molar-refractivity contribution in [1.29, 1.82) is 0 Å². The summed E-state index contributed by atoms with van der Waals surface area (Å²) in [6.07, 6.45) is 5.62. The topological polar surface area (TPSA) is 69.6 Å². The van der Waals surface area contributed by atoms with Crippen LogP contribution in [0.2, 0.25) is 0 Å². The van der Waals surface area contributed by atoms with Crippen LogP contribution in [0, 0.1) is 5.92 Å². The van der Waals surface area contributed by atoms with E-state index in [1.54, 1.807) is 0 Å². The number of aliphatic hydroxyl groups excluding tert-OH is 1. The summed E-state index contributed by atoms with van der Waals surface area (Å²) in [5, 5.41) is 9.33. The van der Waals surface area contributed by atoms with Crippen LogP contribution in [-0.2, 0) is 10.2 Å². The molecule has 1 rings (SSSR count). The predicted molar refractivity (Wildman–Crippen MR) is 81.6 cm³/mol. The molecule has 0 aliphatic carbocycles. The smallest absolute Gasteiger partial charge is 0.280 e. The Bertz CT molecular complexity index is 371. The highest BCUT2D eigenvalue weighted by atomic mass is 32.2. The fourth-order valence-corrected chi connectivity index (χ4v) is 4.38. The predicted octanol–water partition coefficient (Wildman–Crippen LogP) is 1.88. The molecule has 1 saturated heterocycles. The first-order valence-electron chi connectivity index (χ1n) is 7.76. The number of nitrogens with one attached hydrogen (secondary N) is 1. The zero-order valence-electron chi connectivity index (χ0n) is 13.0. The van der Waals surface area contributed by atoms with Crippen molar-refractivity contribution in [1.82, 2.24) is 9.03 Å². The third-order valence-electron chi connectivity index (χ3n) is 3.86. The van der Waals surface area contributed by atoms with E-state index in [1.165, 1.54) is 4.31 Å². The van der Waals surface area contributed by atoms with Crippen LogP contribution in [0.1, 0.15) is 59.3 Å². The van der Waals surface area contributed by atoms with Crippen molar-refractivity contribution in [3.05, 3.63) is 0 Å². The Morgan fingerprint density at radius 1 is 1.25 bits per heavy atom. The largest absolute Gasteiger partial charge is 0.395 e. The van der Waals surface area contributed by atoms with Crippen LogP contribution in [0.15, 0.2) is 0 Å². The second kappa shape index (κ2) is 8.32. The maximum Gasteiger partial charge on any atom is 0.280 e. The van der Waals surface area contributed by atoms with Crippen molar-refractivity contribution >= 4 is 10.2 Å². The number of piperidine rings is 1. The van der Waals surface area contributed by atoms with Crippen molar-refractivity contribution in [3.8, 4) is 0 Å². The second-order valence-electron chi connectivity index (χ2n) is 6.29. The highest BCUT2D eigenvalue weighted by molar-refractivity contribution is 7.87. The van der Waals surface area contributed by atoms with E-state index in [4.69, 9.17) is 0 Å². The van der Waals surface area contributed by atoms with E-state index in [2.05, 4.69) is 18.6 Å². The molecule has 2 atom stereocenters. The van der Waals surface area contributed by atoms with E-state index < -0.39 is 10.2 Å². The summed E-state index contributed by atoms with van der Waals surface area (Å²) in [6, 6.07) is -0.316. The fraction of sp³-hybridized carbons (Fsp3) is 1.00. The minimum atomic E-state index is -3.47. The Morgan fingerprint density at radius 2 is 1.95 bits per heavy atom. The van der Waals surface area contributed by atoms with Gasteiger partial charge in [-0.3, -0.25) is 0 Å². The first-order valence-corrected chi connectivity index (χ1v) is 9.20. The normalized spacial score (nSPS) is 23.1. The molecule has 6 heteroatoms. The van der Waals surface area contributed by atoms with E-state index in [0.717, 1.165) is 38.5 Å². The summed E-state index contributed by atoms with van der Waals surface area (Å²) in [7, 11) is -3.47. The lowest BCUT2D eigenvalue weighted by molar-refractivity contribution is 0.153. The Labute approximate surface area is 123 Å². The highest BCUT2D eigenvalue weighted by Crippen LogP contribution is 2.20. The number of hydrogen-bond acceptors (Lipinski definition) is 3. The third kappa shape index (κ3) is 5.68. The second-order valence-corrected chi connectivity index (χ2v) is 7.95. The molecule has 1 fully saturated rings. The number of aliphatic hydroxyl groups is 1. The number of rotatable bonds is 8. The quantitative estimate of drug-likeness (QED) is 0.719. The van der Waals surface area contributed by atoms with Gasteiger partial charge in [-0.2, -0.15) is 17.4 Å². The summed E-state index contributed by atoms with van der Waals surface area (Å²) < 4.78 is 28.9. The van der Waals surface area contributed by atoms with Gasteiger partial charge in [0, 0.05) is 18.6 Å². The minimum absolute atomic E-state index is 0.0555. The molecule has 2 unspecified atom stereocenters. The summed E-state index contributed by atoms with van der Waals surface area (Å²) in [4.78, 5) is 0. The summed E-state index contributed by atoms with van der Waals surface area (Å²) >= 11 is 0. The van der Waals surface area contributed by atoms with Gasteiger partial charge in [0.1, 0.15) is 0 Å². The van der Waals surface area contributed by atoms with Gasteiger partial charge in [-0.1, -0.05) is 33.1 Å². The van der Waals surface area contributed by atoms with Gasteiger partial charge < -0.3 is 5.11 Å². The van der Waals surface area contributed by atoms with E-state index in [-0.39, 0.29) is 18.7 Å². The van der Waals surface area contributed by atoms with Gasteiger partial charge >= 0.3 is 0 Å². The van der Waals surface area contributed by atoms with Gasteiger partial charge in [0.2, 0.25) is 0 Å². The maximum atomic E-state index is 12.4. The molecule has 0 aromatic carbocycles. The van der Waals surface area contributed by atoms with Crippen molar-refractivity contribution in [2.45, 2.75) is 71.4 Å². The fourth-order valence-electron chi connectivity index (χ4n) is 2.69. The van der Waals surface area contributed by atoms with E-state index in [1.807, 2.05) is 6.92 Å². The number of hydrogen-bond donors (Lipinski definition) is 2. The average Bonchev–Trinajstić information content (AvgIpc) is 2.37. The van der Waals surface area contributed by atoms with Crippen LogP contribution in [0.25, 0.3) is 0 Å². The molecule has 1 aliphatic rings. The molecule has 1 heterocycles. The molecule has 0 bridgehead atoms. The van der Waals surface area contributed by atoms with E-state index >= 15 is 0 Å². The van der Waals surface area contributed by atoms with Gasteiger partial charge in [-0.25, -0.2) is 0 Å². The molecule has 0 radical (unpaired) electrons. The van der Waals surface area contributed by atoms with Gasteiger partial charge in [-0.05, 0) is 32.1 Å². The third-order valence-corrected chi connectivity index (χ3v) is 5.66. The van der Waals surface area contributed by atoms with E-state index in [9.17, 15) is 13.5 Å². The lowest BCUT2D eigenvalue weighted by Gasteiger charge is -2.34. The lowest BCUT2D eigenvalue weighted by Crippen LogP contribution is -2.52. The molecule has 1 aliphatic heterocycles. The Kier molecular flexibility index (Phi) is 7.43. The molecule has 0 aromatic heterocycles. The zero-order chi connectivity index (χ0) is 15.2. The molecule has 0 spiro atoms. The minimum Gasteiger partial charge on any atom is -0.395 e. The van der Waals surface area contributed by atoms with Crippen LogP contribution < -0.4 is 4.72 Å². The standard InChI is InChI=1S/C14H30N2O3S/c1-12(2)7-6-8-13(3)15-20(18,19)16-10-5-4-9-14(16)11-17/h12-15,17H,4-11H2,1-3H3. The first kappa shape index (κ1) is 17.9. The van der Waals surface area contributed by atoms with Gasteiger partial charge in [-0.15, -0.1) is 0 Å². The molecule has 2 N–H and O–H groups in total. The van der Waals surface area contributed by atoms with Crippen LogP contribution in [-0.4, -0.2) is 43.1 Å². The molecule has 0 saturated carbocycles. The summed E-state index contributed by atoms with van der Waals surface area (Å²) in [5.41, 5.74) is 0. The van der Waals surface area contributed by atoms with Crippen LogP contribution in [0.5, 0.6) is 0 Å². The van der Waals surface area contributed by atoms with Crippen LogP contribution in [0.4, 0.5) is 0 Å². The summed E-state index contributed by atoms with van der Waals surface area (Å²) in [6.45, 7) is 6.68. The SMILES string of the molecule is CC(C)CCCC(C)NS(=O)(=O)N1CCCCC1CO. The van der Waals surface area contributed by atoms with Crippen LogP contribution in [0.3, 0.4) is 0 Å². The Hall–Kier alpha value is -0.170. The van der Waals surface area contributed by atoms with Gasteiger partial charge in [0.15, 0.2) is 0 Å². The van der Waals surface area contributed by atoms with Crippen molar-refractivity contribution in [2.24, 2.45) is 5.92 Å². The molecule has 120 valence electrons. The molecule has 0 amide bonds. The Morgan fingerprint density at radius 3 is 2.55 bits per heavy atom. The first-order chi connectivity index (χ1) is 9.36. The highest BCUT2D eigenvalue weighted by Gasteiger charge is 2.32. The molecule has 0 aromatic rings. The summed E-state index contributed by atoms with van der Waals surface area (Å²) in [5.74, 6) is 0.652. The van der Waals surface area contributed by atoms with Crippen molar-refractivity contribution < 1.29 is 13.5 Å². The van der Waals surface area contributed by atoms with Crippen molar-refractivity contribution in [3.63, 3.8) is 0 Å².